The molecular formula is C16H21N3O5S. The lowest BCUT2D eigenvalue weighted by molar-refractivity contribution is -0.130. The van der Waals surface area contributed by atoms with Crippen molar-refractivity contribution in [3.8, 4) is 5.75 Å². The predicted octanol–water partition coefficient (Wildman–Crippen LogP) is 0.567. The Hall–Kier alpha value is -2.13. The van der Waals surface area contributed by atoms with E-state index in [0.29, 0.717) is 30.1 Å². The van der Waals surface area contributed by atoms with Gasteiger partial charge >= 0.3 is 0 Å². The average molecular weight is 367 g/mol. The van der Waals surface area contributed by atoms with E-state index in [-0.39, 0.29) is 29.8 Å². The molecule has 1 aromatic rings. The number of carbonyl (C=O) groups excluding carboxylic acids is 2. The van der Waals surface area contributed by atoms with Crippen LogP contribution in [0, 0.1) is 6.92 Å². The van der Waals surface area contributed by atoms with E-state index in [1.54, 1.807) is 24.8 Å². The van der Waals surface area contributed by atoms with Crippen molar-refractivity contribution in [1.82, 2.24) is 9.21 Å². The van der Waals surface area contributed by atoms with E-state index in [1.165, 1.54) is 17.3 Å². The molecule has 0 spiro atoms. The van der Waals surface area contributed by atoms with Gasteiger partial charge in [0.25, 0.3) is 5.91 Å². The molecule has 1 N–H and O–H groups in total. The summed E-state index contributed by atoms with van der Waals surface area (Å²) in [4.78, 5) is 24.9. The van der Waals surface area contributed by atoms with Crippen LogP contribution in [0.2, 0.25) is 0 Å². The van der Waals surface area contributed by atoms with Gasteiger partial charge in [0.2, 0.25) is 15.9 Å². The molecule has 0 aromatic heterocycles. The molecule has 2 aliphatic rings. The number of anilines is 1. The first-order chi connectivity index (χ1) is 11.7. The number of piperazine rings is 1. The van der Waals surface area contributed by atoms with Gasteiger partial charge in [0.15, 0.2) is 6.10 Å². The van der Waals surface area contributed by atoms with Crippen LogP contribution in [0.4, 0.5) is 5.69 Å². The fraction of sp³-hybridized carbons (Fsp3) is 0.500. The normalized spacial score (nSPS) is 21.3. The lowest BCUT2D eigenvalue weighted by atomic mass is 10.1. The molecule has 25 heavy (non-hydrogen) atoms. The van der Waals surface area contributed by atoms with Gasteiger partial charge in [0, 0.05) is 39.2 Å². The monoisotopic (exact) mass is 367 g/mol. The van der Waals surface area contributed by atoms with Crippen molar-refractivity contribution in [3.05, 3.63) is 17.7 Å². The van der Waals surface area contributed by atoms with Crippen molar-refractivity contribution >= 4 is 27.5 Å². The maximum absolute atomic E-state index is 13.0. The molecule has 1 saturated heterocycles. The summed E-state index contributed by atoms with van der Waals surface area (Å²) < 4.78 is 32.9. The number of rotatable bonds is 2. The molecule has 9 heteroatoms. The highest BCUT2D eigenvalue weighted by molar-refractivity contribution is 7.89. The number of hydrogen-bond donors (Lipinski definition) is 1. The lowest BCUT2D eigenvalue weighted by Crippen LogP contribution is -2.50. The van der Waals surface area contributed by atoms with Crippen LogP contribution in [-0.2, 0) is 19.6 Å². The first-order valence-electron chi connectivity index (χ1n) is 8.08. The van der Waals surface area contributed by atoms with Gasteiger partial charge in [0.05, 0.1) is 10.6 Å². The highest BCUT2D eigenvalue weighted by Gasteiger charge is 2.32. The maximum atomic E-state index is 13.0. The number of aryl methyl sites for hydroxylation is 1. The van der Waals surface area contributed by atoms with Crippen molar-refractivity contribution in [2.24, 2.45) is 0 Å². The van der Waals surface area contributed by atoms with Gasteiger partial charge in [-0.15, -0.1) is 0 Å². The van der Waals surface area contributed by atoms with Crippen LogP contribution in [0.15, 0.2) is 17.0 Å². The van der Waals surface area contributed by atoms with Gasteiger partial charge in [-0.2, -0.15) is 4.31 Å². The summed E-state index contributed by atoms with van der Waals surface area (Å²) in [6.45, 7) is 6.03. The molecule has 1 fully saturated rings. The van der Waals surface area contributed by atoms with E-state index in [0.717, 1.165) is 0 Å². The Morgan fingerprint density at radius 2 is 1.88 bits per heavy atom. The molecule has 0 bridgehead atoms. The number of sulfonamides is 1. The number of ether oxygens (including phenoxy) is 1. The van der Waals surface area contributed by atoms with Crippen molar-refractivity contribution in [2.45, 2.75) is 31.8 Å². The highest BCUT2D eigenvalue weighted by Crippen LogP contribution is 2.35. The summed E-state index contributed by atoms with van der Waals surface area (Å²) in [5.41, 5.74) is 1.01. The number of benzene rings is 1. The quantitative estimate of drug-likeness (QED) is 0.824. The third-order valence-corrected chi connectivity index (χ3v) is 6.55. The lowest BCUT2D eigenvalue weighted by Gasteiger charge is -2.34. The Labute approximate surface area is 146 Å². The third-order valence-electron chi connectivity index (χ3n) is 4.51. The van der Waals surface area contributed by atoms with E-state index in [9.17, 15) is 18.0 Å². The zero-order valence-electron chi connectivity index (χ0n) is 14.4. The zero-order valence-corrected chi connectivity index (χ0v) is 15.2. The van der Waals surface area contributed by atoms with Crippen LogP contribution in [0.5, 0.6) is 5.75 Å². The van der Waals surface area contributed by atoms with Gasteiger partial charge in [0.1, 0.15) is 5.75 Å². The number of hydrogen-bond acceptors (Lipinski definition) is 5. The van der Waals surface area contributed by atoms with E-state index in [2.05, 4.69) is 5.32 Å². The van der Waals surface area contributed by atoms with Crippen molar-refractivity contribution in [1.29, 1.82) is 0 Å². The first-order valence-corrected chi connectivity index (χ1v) is 9.52. The molecule has 2 amide bonds. The molecule has 0 aliphatic carbocycles. The van der Waals surface area contributed by atoms with Crippen LogP contribution in [0.25, 0.3) is 0 Å². The molecule has 136 valence electrons. The SMILES string of the molecule is CC(=O)N1CCN(S(=O)(=O)c2cc3c(cc2C)NC(=O)C(C)O3)CC1. The summed E-state index contributed by atoms with van der Waals surface area (Å²) in [6, 6.07) is 3.07. The number of fused-ring (bicyclic) bond motifs is 1. The Kier molecular flexibility index (Phi) is 4.46. The summed E-state index contributed by atoms with van der Waals surface area (Å²) in [5.74, 6) is 0.0293. The molecule has 1 atom stereocenters. The van der Waals surface area contributed by atoms with Gasteiger partial charge in [-0.1, -0.05) is 0 Å². The Balaban J connectivity index is 1.90. The Bertz CT molecular complexity index is 828. The topological polar surface area (TPSA) is 96.0 Å². The molecule has 2 aliphatic heterocycles. The number of carbonyl (C=O) groups is 2. The molecule has 1 aromatic carbocycles. The summed E-state index contributed by atoms with van der Waals surface area (Å²) in [5, 5.41) is 2.71. The van der Waals surface area contributed by atoms with Gasteiger partial charge in [-0.3, -0.25) is 9.59 Å². The Morgan fingerprint density at radius 3 is 2.48 bits per heavy atom. The second-order valence-corrected chi connectivity index (χ2v) is 8.18. The molecule has 3 rings (SSSR count). The zero-order chi connectivity index (χ0) is 18.4. The Morgan fingerprint density at radius 1 is 1.24 bits per heavy atom. The third kappa shape index (κ3) is 3.21. The fourth-order valence-electron chi connectivity index (χ4n) is 3.00. The average Bonchev–Trinajstić information content (AvgIpc) is 2.56. The predicted molar refractivity (Wildman–Crippen MR) is 90.9 cm³/mol. The molecule has 0 saturated carbocycles. The van der Waals surface area contributed by atoms with Crippen LogP contribution >= 0.6 is 0 Å². The minimum absolute atomic E-state index is 0.0554. The van der Waals surface area contributed by atoms with Gasteiger partial charge < -0.3 is 15.0 Å². The standard InChI is InChI=1S/C16H21N3O5S/c1-10-8-13-14(24-11(2)16(21)17-13)9-15(10)25(22,23)19-6-4-18(5-7-19)12(3)20/h8-9,11H,4-7H2,1-3H3,(H,17,21). The fourth-order valence-corrected chi connectivity index (χ4v) is 4.65. The second-order valence-electron chi connectivity index (χ2n) is 6.27. The van der Waals surface area contributed by atoms with Crippen LogP contribution in [0.3, 0.4) is 0 Å². The molecule has 8 nitrogen and oxygen atoms in total. The minimum atomic E-state index is -3.70. The van der Waals surface area contributed by atoms with Crippen LogP contribution in [0.1, 0.15) is 19.4 Å². The summed E-state index contributed by atoms with van der Waals surface area (Å²) in [6.07, 6.45) is -0.676. The van der Waals surface area contributed by atoms with Crippen molar-refractivity contribution < 1.29 is 22.7 Å². The molecule has 0 radical (unpaired) electrons. The minimum Gasteiger partial charge on any atom is -0.479 e. The van der Waals surface area contributed by atoms with Crippen molar-refractivity contribution in [3.63, 3.8) is 0 Å². The van der Waals surface area contributed by atoms with E-state index >= 15 is 0 Å². The number of amides is 2. The van der Waals surface area contributed by atoms with E-state index in [1.807, 2.05) is 0 Å². The molecule has 1 unspecified atom stereocenters. The largest absolute Gasteiger partial charge is 0.479 e. The summed E-state index contributed by atoms with van der Waals surface area (Å²) >= 11 is 0. The summed E-state index contributed by atoms with van der Waals surface area (Å²) in [7, 11) is -3.70. The first kappa shape index (κ1) is 17.7. The molecular weight excluding hydrogens is 346 g/mol. The smallest absolute Gasteiger partial charge is 0.265 e. The number of nitrogens with one attached hydrogen (secondary N) is 1. The molecule has 2 heterocycles. The van der Waals surface area contributed by atoms with Gasteiger partial charge in [-0.25, -0.2) is 8.42 Å². The maximum Gasteiger partial charge on any atom is 0.265 e. The van der Waals surface area contributed by atoms with Crippen LogP contribution in [-0.4, -0.2) is 61.7 Å². The second kappa shape index (κ2) is 6.30. The van der Waals surface area contributed by atoms with Crippen LogP contribution < -0.4 is 10.1 Å². The number of nitrogens with zero attached hydrogens (tertiary/aromatic N) is 2. The van der Waals surface area contributed by atoms with E-state index in [4.69, 9.17) is 4.74 Å². The van der Waals surface area contributed by atoms with Crippen molar-refractivity contribution in [2.75, 3.05) is 31.5 Å². The van der Waals surface area contributed by atoms with E-state index < -0.39 is 16.1 Å². The van der Waals surface area contributed by atoms with Gasteiger partial charge in [-0.05, 0) is 25.5 Å². The highest BCUT2D eigenvalue weighted by atomic mass is 32.2.